The number of aryl methyl sites for hydroxylation is 1. The number of nitrogens with two attached hydrogens (primary N) is 1. The molecule has 0 atom stereocenters. The van der Waals surface area contributed by atoms with E-state index in [0.29, 0.717) is 39.9 Å². The average Bonchev–Trinajstić information content (AvgIpc) is 2.61. The van der Waals surface area contributed by atoms with E-state index in [4.69, 9.17) is 26.2 Å². The van der Waals surface area contributed by atoms with Crippen molar-refractivity contribution < 1.29 is 22.7 Å². The molecule has 2 aromatic rings. The number of hydrogen-bond acceptors (Lipinski definition) is 5. The zero-order valence-electron chi connectivity index (χ0n) is 15.7. The Hall–Kier alpha value is -2.55. The van der Waals surface area contributed by atoms with Crippen LogP contribution in [0.5, 0.6) is 11.5 Å². The standard InChI is InChI=1S/C19H21ClN2O5S/c1-4-27-16-10-13(9-15(20)19(16)26-3)6-8-18(23)22-14-7-5-12(2)17(11-14)28(21,24)25/h5-11H,4H2,1-3H3,(H,22,23)(H2,21,24,25). The SMILES string of the molecule is CCOc1cc(C=CC(=O)Nc2ccc(C)c(S(N)(=O)=O)c2)cc(Cl)c1OC. The van der Waals surface area contributed by atoms with Crippen LogP contribution < -0.4 is 19.9 Å². The van der Waals surface area contributed by atoms with Gasteiger partial charge in [0.1, 0.15) is 0 Å². The first-order valence-electron chi connectivity index (χ1n) is 8.28. The molecule has 3 N–H and O–H groups in total. The Balaban J connectivity index is 2.21. The lowest BCUT2D eigenvalue weighted by Gasteiger charge is -2.11. The normalized spacial score (nSPS) is 11.5. The fourth-order valence-corrected chi connectivity index (χ4v) is 3.59. The zero-order valence-corrected chi connectivity index (χ0v) is 17.2. The molecule has 28 heavy (non-hydrogen) atoms. The van der Waals surface area contributed by atoms with Gasteiger partial charge >= 0.3 is 0 Å². The summed E-state index contributed by atoms with van der Waals surface area (Å²) in [7, 11) is -2.39. The van der Waals surface area contributed by atoms with Crippen molar-refractivity contribution in [3.8, 4) is 11.5 Å². The molecule has 0 unspecified atom stereocenters. The molecule has 1 amide bonds. The predicted molar refractivity (Wildman–Crippen MR) is 109 cm³/mol. The van der Waals surface area contributed by atoms with Crippen molar-refractivity contribution >= 4 is 39.3 Å². The lowest BCUT2D eigenvalue weighted by atomic mass is 10.1. The van der Waals surface area contributed by atoms with E-state index >= 15 is 0 Å². The minimum Gasteiger partial charge on any atom is -0.491 e. The Labute approximate surface area is 169 Å². The summed E-state index contributed by atoms with van der Waals surface area (Å²) in [6.45, 7) is 3.88. The summed E-state index contributed by atoms with van der Waals surface area (Å²) >= 11 is 6.18. The Morgan fingerprint density at radius 3 is 2.61 bits per heavy atom. The quantitative estimate of drug-likeness (QED) is 0.662. The van der Waals surface area contributed by atoms with E-state index in [0.717, 1.165) is 0 Å². The number of methoxy groups -OCH3 is 1. The molecule has 2 rings (SSSR count). The number of carbonyl (C=O) groups is 1. The number of amides is 1. The molecule has 0 aromatic heterocycles. The molecule has 0 saturated heterocycles. The summed E-state index contributed by atoms with van der Waals surface area (Å²) in [6, 6.07) is 7.80. The number of halogens is 1. The number of rotatable bonds is 7. The summed E-state index contributed by atoms with van der Waals surface area (Å²) in [5.74, 6) is 0.434. The van der Waals surface area contributed by atoms with Crippen molar-refractivity contribution in [2.45, 2.75) is 18.7 Å². The number of primary sulfonamides is 1. The number of nitrogens with one attached hydrogen (secondary N) is 1. The summed E-state index contributed by atoms with van der Waals surface area (Å²) in [5.41, 5.74) is 1.44. The van der Waals surface area contributed by atoms with Gasteiger partial charge in [-0.05, 0) is 55.3 Å². The van der Waals surface area contributed by atoms with E-state index < -0.39 is 15.9 Å². The van der Waals surface area contributed by atoms with Crippen LogP contribution >= 0.6 is 11.6 Å². The fraction of sp³-hybridized carbons (Fsp3) is 0.211. The number of anilines is 1. The second-order valence-electron chi connectivity index (χ2n) is 5.81. The summed E-state index contributed by atoms with van der Waals surface area (Å²) in [6.07, 6.45) is 2.85. The van der Waals surface area contributed by atoms with E-state index in [1.165, 1.54) is 19.3 Å². The molecule has 7 nitrogen and oxygen atoms in total. The molecule has 150 valence electrons. The second kappa shape index (κ2) is 9.09. The Bertz CT molecular complexity index is 1020. The maximum atomic E-state index is 12.2. The highest BCUT2D eigenvalue weighted by Gasteiger charge is 2.13. The van der Waals surface area contributed by atoms with Gasteiger partial charge in [0.05, 0.1) is 23.6 Å². The smallest absolute Gasteiger partial charge is 0.248 e. The van der Waals surface area contributed by atoms with Crippen LogP contribution in [0.1, 0.15) is 18.1 Å². The Kier molecular flexibility index (Phi) is 7.06. The monoisotopic (exact) mass is 424 g/mol. The summed E-state index contributed by atoms with van der Waals surface area (Å²) < 4.78 is 33.9. The molecule has 2 aromatic carbocycles. The molecule has 0 heterocycles. The topological polar surface area (TPSA) is 108 Å². The van der Waals surface area contributed by atoms with Gasteiger partial charge < -0.3 is 14.8 Å². The molecule has 0 aliphatic rings. The van der Waals surface area contributed by atoms with E-state index in [1.807, 2.05) is 6.92 Å². The highest BCUT2D eigenvalue weighted by molar-refractivity contribution is 7.89. The minimum absolute atomic E-state index is 0.0439. The van der Waals surface area contributed by atoms with Crippen LogP contribution in [-0.2, 0) is 14.8 Å². The maximum absolute atomic E-state index is 12.2. The first-order valence-corrected chi connectivity index (χ1v) is 10.2. The van der Waals surface area contributed by atoms with Gasteiger partial charge in [0.25, 0.3) is 0 Å². The van der Waals surface area contributed by atoms with Crippen LogP contribution in [-0.4, -0.2) is 28.0 Å². The predicted octanol–water partition coefficient (Wildman–Crippen LogP) is 3.36. The van der Waals surface area contributed by atoms with Crippen LogP contribution in [0.3, 0.4) is 0 Å². The third-order valence-corrected chi connectivity index (χ3v) is 5.06. The molecule has 0 spiro atoms. The average molecular weight is 425 g/mol. The van der Waals surface area contributed by atoms with Gasteiger partial charge in [0.15, 0.2) is 11.5 Å². The van der Waals surface area contributed by atoms with Crippen LogP contribution in [0.25, 0.3) is 6.08 Å². The van der Waals surface area contributed by atoms with Crippen LogP contribution in [0.15, 0.2) is 41.3 Å². The first-order chi connectivity index (χ1) is 13.2. The molecular weight excluding hydrogens is 404 g/mol. The second-order valence-corrected chi connectivity index (χ2v) is 7.75. The minimum atomic E-state index is -3.88. The molecule has 0 fully saturated rings. The third-order valence-electron chi connectivity index (χ3n) is 3.73. The lowest BCUT2D eigenvalue weighted by molar-refractivity contribution is -0.111. The van der Waals surface area contributed by atoms with Crippen molar-refractivity contribution in [1.82, 2.24) is 0 Å². The molecule has 0 aliphatic carbocycles. The van der Waals surface area contributed by atoms with E-state index in [1.54, 1.807) is 37.3 Å². The van der Waals surface area contributed by atoms with E-state index in [9.17, 15) is 13.2 Å². The lowest BCUT2D eigenvalue weighted by Crippen LogP contribution is -2.15. The first kappa shape index (κ1) is 21.7. The highest BCUT2D eigenvalue weighted by Crippen LogP contribution is 2.36. The number of benzene rings is 2. The zero-order chi connectivity index (χ0) is 20.9. The third kappa shape index (κ3) is 5.48. The van der Waals surface area contributed by atoms with Gasteiger partial charge in [-0.2, -0.15) is 0 Å². The number of carbonyl (C=O) groups excluding carboxylic acids is 1. The summed E-state index contributed by atoms with van der Waals surface area (Å²) in [5, 5.41) is 8.13. The number of sulfonamides is 1. The Morgan fingerprint density at radius 2 is 2.00 bits per heavy atom. The van der Waals surface area contributed by atoms with E-state index in [2.05, 4.69) is 5.32 Å². The van der Waals surface area contributed by atoms with Gasteiger partial charge in [-0.1, -0.05) is 17.7 Å². The van der Waals surface area contributed by atoms with Crippen LogP contribution in [0.2, 0.25) is 5.02 Å². The molecule has 9 heteroatoms. The van der Waals surface area contributed by atoms with Crippen molar-refractivity contribution in [2.75, 3.05) is 19.0 Å². The van der Waals surface area contributed by atoms with Gasteiger partial charge in [-0.15, -0.1) is 0 Å². The molecular formula is C19H21ClN2O5S. The van der Waals surface area contributed by atoms with Crippen molar-refractivity contribution in [2.24, 2.45) is 5.14 Å². The summed E-state index contributed by atoms with van der Waals surface area (Å²) in [4.78, 5) is 12.1. The largest absolute Gasteiger partial charge is 0.491 e. The molecule has 0 aliphatic heterocycles. The van der Waals surface area contributed by atoms with Crippen molar-refractivity contribution in [3.63, 3.8) is 0 Å². The number of ether oxygens (including phenoxy) is 2. The number of hydrogen-bond donors (Lipinski definition) is 2. The molecule has 0 bridgehead atoms. The van der Waals surface area contributed by atoms with Gasteiger partial charge in [0.2, 0.25) is 15.9 Å². The van der Waals surface area contributed by atoms with Crippen LogP contribution in [0, 0.1) is 6.92 Å². The van der Waals surface area contributed by atoms with Crippen molar-refractivity contribution in [3.05, 3.63) is 52.6 Å². The van der Waals surface area contributed by atoms with Gasteiger partial charge in [-0.3, -0.25) is 4.79 Å². The Morgan fingerprint density at radius 1 is 1.29 bits per heavy atom. The van der Waals surface area contributed by atoms with Gasteiger partial charge in [-0.25, -0.2) is 13.6 Å². The molecule has 0 radical (unpaired) electrons. The van der Waals surface area contributed by atoms with Crippen molar-refractivity contribution in [1.29, 1.82) is 0 Å². The fourth-order valence-electron chi connectivity index (χ4n) is 2.49. The maximum Gasteiger partial charge on any atom is 0.248 e. The van der Waals surface area contributed by atoms with Gasteiger partial charge in [0, 0.05) is 11.8 Å². The van der Waals surface area contributed by atoms with Crippen LogP contribution in [0.4, 0.5) is 5.69 Å². The van der Waals surface area contributed by atoms with E-state index in [-0.39, 0.29) is 4.90 Å². The molecule has 0 saturated carbocycles. The highest BCUT2D eigenvalue weighted by atomic mass is 35.5.